The van der Waals surface area contributed by atoms with Gasteiger partial charge in [0.05, 0.1) is 12.7 Å². The molecule has 0 aliphatic carbocycles. The number of nitrogens with zero attached hydrogens (tertiary/aromatic N) is 1. The Hall–Kier alpha value is -0.410. The van der Waals surface area contributed by atoms with Crippen LogP contribution in [0, 0.1) is 0 Å². The minimum absolute atomic E-state index is 0.306. The number of ether oxygens (including phenoxy) is 1. The zero-order valence-corrected chi connectivity index (χ0v) is 9.29. The van der Waals surface area contributed by atoms with E-state index in [1.54, 1.807) is 6.92 Å². The van der Waals surface area contributed by atoms with Gasteiger partial charge < -0.3 is 9.53 Å². The highest BCUT2D eigenvalue weighted by Gasteiger charge is 2.15. The van der Waals surface area contributed by atoms with Gasteiger partial charge in [-0.15, -0.1) is 0 Å². The van der Waals surface area contributed by atoms with Crippen LogP contribution >= 0.6 is 0 Å². The van der Waals surface area contributed by atoms with Crippen LogP contribution < -0.4 is 0 Å². The maximum absolute atomic E-state index is 10.7. The lowest BCUT2D eigenvalue weighted by atomic mass is 10.2. The molecule has 0 N–H and O–H groups in total. The molecule has 0 aromatic carbocycles. The molecule has 1 heterocycles. The SMILES string of the molecule is CC(=O)CCCCN1CCOC(C)C1. The Morgan fingerprint density at radius 3 is 2.93 bits per heavy atom. The van der Waals surface area contributed by atoms with E-state index in [1.807, 2.05) is 0 Å². The fourth-order valence-electron chi connectivity index (χ4n) is 1.80. The van der Waals surface area contributed by atoms with Crippen molar-refractivity contribution < 1.29 is 9.53 Å². The molecule has 3 nitrogen and oxygen atoms in total. The minimum atomic E-state index is 0.306. The van der Waals surface area contributed by atoms with Gasteiger partial charge in [0.25, 0.3) is 0 Å². The van der Waals surface area contributed by atoms with E-state index < -0.39 is 0 Å². The summed E-state index contributed by atoms with van der Waals surface area (Å²) in [6.45, 7) is 7.83. The van der Waals surface area contributed by atoms with Gasteiger partial charge in [0, 0.05) is 19.5 Å². The van der Waals surface area contributed by atoms with Crippen LogP contribution in [0.4, 0.5) is 0 Å². The summed E-state index contributed by atoms with van der Waals surface area (Å²) in [5.41, 5.74) is 0. The van der Waals surface area contributed by atoms with Gasteiger partial charge in [-0.3, -0.25) is 4.90 Å². The largest absolute Gasteiger partial charge is 0.376 e. The van der Waals surface area contributed by atoms with Crippen molar-refractivity contribution in [2.75, 3.05) is 26.2 Å². The number of morpholine rings is 1. The molecule has 0 bridgehead atoms. The predicted molar refractivity (Wildman–Crippen MR) is 56.4 cm³/mol. The van der Waals surface area contributed by atoms with Crippen molar-refractivity contribution in [3.8, 4) is 0 Å². The fraction of sp³-hybridized carbons (Fsp3) is 0.909. The summed E-state index contributed by atoms with van der Waals surface area (Å²) in [5.74, 6) is 0.306. The molecule has 14 heavy (non-hydrogen) atoms. The van der Waals surface area contributed by atoms with Crippen LogP contribution in [0.25, 0.3) is 0 Å². The first-order chi connectivity index (χ1) is 6.68. The van der Waals surface area contributed by atoms with E-state index in [2.05, 4.69) is 11.8 Å². The number of carbonyl (C=O) groups is 1. The van der Waals surface area contributed by atoms with Gasteiger partial charge in [-0.1, -0.05) is 0 Å². The van der Waals surface area contributed by atoms with Crippen molar-refractivity contribution in [2.45, 2.75) is 39.2 Å². The van der Waals surface area contributed by atoms with Crippen molar-refractivity contribution in [1.82, 2.24) is 4.90 Å². The molecule has 3 heteroatoms. The van der Waals surface area contributed by atoms with Crippen molar-refractivity contribution in [3.63, 3.8) is 0 Å². The minimum Gasteiger partial charge on any atom is -0.376 e. The third kappa shape index (κ3) is 4.72. The Balaban J connectivity index is 2.03. The van der Waals surface area contributed by atoms with Gasteiger partial charge in [0.2, 0.25) is 0 Å². The molecular weight excluding hydrogens is 178 g/mol. The first-order valence-electron chi connectivity index (χ1n) is 5.52. The monoisotopic (exact) mass is 199 g/mol. The lowest BCUT2D eigenvalue weighted by Gasteiger charge is -2.30. The third-order valence-electron chi connectivity index (χ3n) is 2.58. The van der Waals surface area contributed by atoms with Crippen LogP contribution in [-0.4, -0.2) is 43.0 Å². The van der Waals surface area contributed by atoms with Crippen LogP contribution in [0.5, 0.6) is 0 Å². The summed E-state index contributed by atoms with van der Waals surface area (Å²) in [6, 6.07) is 0. The molecule has 0 saturated carbocycles. The predicted octanol–water partition coefficient (Wildman–Crippen LogP) is 1.47. The standard InChI is InChI=1S/C11H21NO2/c1-10(13)5-3-4-6-12-7-8-14-11(2)9-12/h11H,3-9H2,1-2H3. The van der Waals surface area contributed by atoms with Gasteiger partial charge in [0.15, 0.2) is 0 Å². The highest BCUT2D eigenvalue weighted by molar-refractivity contribution is 5.75. The van der Waals surface area contributed by atoms with E-state index >= 15 is 0 Å². The topological polar surface area (TPSA) is 29.5 Å². The molecule has 1 aliphatic rings. The number of rotatable bonds is 5. The average molecular weight is 199 g/mol. The number of hydrogen-bond acceptors (Lipinski definition) is 3. The summed E-state index contributed by atoms with van der Waals surface area (Å²) in [5, 5.41) is 0. The highest BCUT2D eigenvalue weighted by Crippen LogP contribution is 2.06. The Bertz CT molecular complexity index is 182. The Kier molecular flexibility index (Phi) is 5.12. The van der Waals surface area contributed by atoms with Crippen LogP contribution in [0.15, 0.2) is 0 Å². The van der Waals surface area contributed by atoms with Gasteiger partial charge in [-0.25, -0.2) is 0 Å². The van der Waals surface area contributed by atoms with E-state index in [-0.39, 0.29) is 0 Å². The Labute approximate surface area is 86.4 Å². The Morgan fingerprint density at radius 2 is 2.29 bits per heavy atom. The van der Waals surface area contributed by atoms with Crippen molar-refractivity contribution in [3.05, 3.63) is 0 Å². The van der Waals surface area contributed by atoms with Crippen molar-refractivity contribution in [1.29, 1.82) is 0 Å². The van der Waals surface area contributed by atoms with E-state index in [4.69, 9.17) is 4.74 Å². The van der Waals surface area contributed by atoms with E-state index in [9.17, 15) is 4.79 Å². The molecule has 1 aliphatic heterocycles. The molecule has 1 saturated heterocycles. The number of unbranched alkanes of at least 4 members (excludes halogenated alkanes) is 1. The zero-order chi connectivity index (χ0) is 10.4. The second-order valence-electron chi connectivity index (χ2n) is 4.14. The third-order valence-corrected chi connectivity index (χ3v) is 2.58. The summed E-state index contributed by atoms with van der Waals surface area (Å²) < 4.78 is 5.46. The molecule has 0 radical (unpaired) electrons. The van der Waals surface area contributed by atoms with Crippen LogP contribution in [0.1, 0.15) is 33.1 Å². The fourth-order valence-corrected chi connectivity index (χ4v) is 1.80. The lowest BCUT2D eigenvalue weighted by Crippen LogP contribution is -2.41. The molecule has 1 fully saturated rings. The summed E-state index contributed by atoms with van der Waals surface area (Å²) >= 11 is 0. The molecule has 0 aromatic heterocycles. The van der Waals surface area contributed by atoms with Gasteiger partial charge in [0.1, 0.15) is 5.78 Å². The zero-order valence-electron chi connectivity index (χ0n) is 9.29. The number of Topliss-reactive ketones (excluding diaryl/α,β-unsaturated/α-hetero) is 1. The number of hydrogen-bond donors (Lipinski definition) is 0. The van der Waals surface area contributed by atoms with E-state index in [0.717, 1.165) is 45.5 Å². The first kappa shape index (κ1) is 11.7. The maximum Gasteiger partial charge on any atom is 0.129 e. The molecule has 1 unspecified atom stereocenters. The van der Waals surface area contributed by atoms with Crippen LogP contribution in [0.2, 0.25) is 0 Å². The van der Waals surface area contributed by atoms with E-state index in [0.29, 0.717) is 11.9 Å². The van der Waals surface area contributed by atoms with Gasteiger partial charge in [-0.05, 0) is 33.2 Å². The molecule has 82 valence electrons. The molecule has 0 aromatic rings. The Morgan fingerprint density at radius 1 is 1.50 bits per heavy atom. The summed E-state index contributed by atoms with van der Waals surface area (Å²) in [7, 11) is 0. The highest BCUT2D eigenvalue weighted by atomic mass is 16.5. The lowest BCUT2D eigenvalue weighted by molar-refractivity contribution is -0.117. The molecule has 1 atom stereocenters. The number of ketones is 1. The average Bonchev–Trinajstić information content (AvgIpc) is 2.12. The smallest absolute Gasteiger partial charge is 0.129 e. The van der Waals surface area contributed by atoms with Crippen LogP contribution in [0.3, 0.4) is 0 Å². The molecule has 0 spiro atoms. The normalized spacial score (nSPS) is 23.7. The first-order valence-corrected chi connectivity index (χ1v) is 5.52. The van der Waals surface area contributed by atoms with Gasteiger partial charge in [-0.2, -0.15) is 0 Å². The summed E-state index contributed by atoms with van der Waals surface area (Å²) in [4.78, 5) is 13.1. The van der Waals surface area contributed by atoms with Gasteiger partial charge >= 0.3 is 0 Å². The quantitative estimate of drug-likeness (QED) is 0.628. The molecule has 1 rings (SSSR count). The van der Waals surface area contributed by atoms with Crippen LogP contribution in [-0.2, 0) is 9.53 Å². The second kappa shape index (κ2) is 6.14. The summed E-state index contributed by atoms with van der Waals surface area (Å²) in [6.07, 6.45) is 3.27. The molecule has 0 amide bonds. The van der Waals surface area contributed by atoms with Crippen molar-refractivity contribution in [2.24, 2.45) is 0 Å². The van der Waals surface area contributed by atoms with E-state index in [1.165, 1.54) is 0 Å². The maximum atomic E-state index is 10.7. The second-order valence-corrected chi connectivity index (χ2v) is 4.14. The van der Waals surface area contributed by atoms with Crippen molar-refractivity contribution >= 4 is 5.78 Å². The molecular formula is C11H21NO2. The number of carbonyl (C=O) groups excluding carboxylic acids is 1.